The summed E-state index contributed by atoms with van der Waals surface area (Å²) in [7, 11) is 1.33. The van der Waals surface area contributed by atoms with Gasteiger partial charge in [0.25, 0.3) is 5.91 Å². The summed E-state index contributed by atoms with van der Waals surface area (Å²) in [5.74, 6) is -0.584. The second-order valence-electron chi connectivity index (χ2n) is 8.93. The first-order valence-corrected chi connectivity index (χ1v) is 11.1. The van der Waals surface area contributed by atoms with Crippen molar-refractivity contribution in [2.75, 3.05) is 25.5 Å². The van der Waals surface area contributed by atoms with Crippen molar-refractivity contribution < 1.29 is 14.3 Å². The van der Waals surface area contributed by atoms with Crippen LogP contribution in [0.3, 0.4) is 0 Å². The lowest BCUT2D eigenvalue weighted by Gasteiger charge is -2.34. The normalized spacial score (nSPS) is 11.8. The number of thiophene rings is 1. The Hall–Kier alpha value is -1.67. The Labute approximate surface area is 184 Å². The van der Waals surface area contributed by atoms with E-state index >= 15 is 0 Å². The van der Waals surface area contributed by atoms with E-state index in [0.29, 0.717) is 39.2 Å². The fraction of sp³-hybridized carbons (Fsp3) is 0.667. The maximum absolute atomic E-state index is 12.9. The first kappa shape index (κ1) is 25.4. The lowest BCUT2D eigenvalue weighted by Crippen LogP contribution is -2.47. The van der Waals surface area contributed by atoms with Crippen LogP contribution in [-0.2, 0) is 4.74 Å². The summed E-state index contributed by atoms with van der Waals surface area (Å²) in [5.41, 5.74) is 0.857. The van der Waals surface area contributed by atoms with Crippen molar-refractivity contribution in [3.8, 4) is 0 Å². The lowest BCUT2D eigenvalue weighted by molar-refractivity contribution is 0.0601. The second-order valence-corrected chi connectivity index (χ2v) is 10.4. The van der Waals surface area contributed by atoms with Gasteiger partial charge in [0.1, 0.15) is 5.00 Å². The molecule has 1 aromatic rings. The van der Waals surface area contributed by atoms with Gasteiger partial charge in [-0.2, -0.15) is 0 Å². The predicted octanol–water partition coefficient (Wildman–Crippen LogP) is 4.83. The van der Waals surface area contributed by atoms with Crippen LogP contribution >= 0.6 is 23.6 Å². The van der Waals surface area contributed by atoms with Gasteiger partial charge in [-0.3, -0.25) is 4.79 Å². The molecule has 0 unspecified atom stereocenters. The van der Waals surface area contributed by atoms with Crippen molar-refractivity contribution in [2.45, 2.75) is 67.3 Å². The van der Waals surface area contributed by atoms with E-state index in [9.17, 15) is 9.59 Å². The molecule has 0 saturated carbocycles. The molecule has 1 aromatic heterocycles. The maximum atomic E-state index is 12.9. The van der Waals surface area contributed by atoms with Crippen LogP contribution in [0.5, 0.6) is 0 Å². The van der Waals surface area contributed by atoms with E-state index in [2.05, 4.69) is 45.3 Å². The van der Waals surface area contributed by atoms with E-state index in [-0.39, 0.29) is 16.9 Å². The number of methoxy groups -OCH3 is 1. The van der Waals surface area contributed by atoms with Gasteiger partial charge in [0.05, 0.1) is 17.6 Å². The van der Waals surface area contributed by atoms with Gasteiger partial charge in [-0.25, -0.2) is 4.79 Å². The Morgan fingerprint density at radius 2 is 1.69 bits per heavy atom. The smallest absolute Gasteiger partial charge is 0.341 e. The quantitative estimate of drug-likeness (QED) is 0.467. The van der Waals surface area contributed by atoms with E-state index in [1.165, 1.54) is 18.4 Å². The SMILES string of the molecule is CCN(CC)C(=O)c1sc(NC(=S)NC(C)(C)CC(C)(C)C)c(C(=O)OC)c1C. The van der Waals surface area contributed by atoms with Crippen molar-refractivity contribution in [3.63, 3.8) is 0 Å². The van der Waals surface area contributed by atoms with Crippen LogP contribution in [0.25, 0.3) is 0 Å². The molecule has 0 radical (unpaired) electrons. The van der Waals surface area contributed by atoms with E-state index in [0.717, 1.165) is 6.42 Å². The molecular weight excluding hydrogens is 406 g/mol. The molecule has 164 valence electrons. The van der Waals surface area contributed by atoms with Gasteiger partial charge in [-0.05, 0) is 64.2 Å². The molecule has 0 aliphatic rings. The van der Waals surface area contributed by atoms with Crippen LogP contribution in [0.15, 0.2) is 0 Å². The molecule has 0 fully saturated rings. The number of hydrogen-bond donors (Lipinski definition) is 2. The van der Waals surface area contributed by atoms with Gasteiger partial charge < -0.3 is 20.3 Å². The molecule has 0 spiro atoms. The number of ether oxygens (including phenoxy) is 1. The molecule has 8 heteroatoms. The highest BCUT2D eigenvalue weighted by Gasteiger charge is 2.29. The van der Waals surface area contributed by atoms with E-state index in [1.54, 1.807) is 11.8 Å². The molecule has 1 rings (SSSR count). The Morgan fingerprint density at radius 3 is 2.14 bits per heavy atom. The summed E-state index contributed by atoms with van der Waals surface area (Å²) < 4.78 is 4.95. The standard InChI is InChI=1S/C21H35N3O3S2/c1-10-24(11-2)17(25)15-13(3)14(18(26)27-9)16(29-15)22-19(28)23-21(7,8)12-20(4,5)6/h10-12H2,1-9H3,(H2,22,23,28). The fourth-order valence-electron chi connectivity index (χ4n) is 3.62. The number of carbonyl (C=O) groups excluding carboxylic acids is 2. The molecule has 0 saturated heterocycles. The lowest BCUT2D eigenvalue weighted by atomic mass is 9.82. The Morgan fingerprint density at radius 1 is 1.14 bits per heavy atom. The number of esters is 1. The molecule has 0 aromatic carbocycles. The third-order valence-corrected chi connectivity index (χ3v) is 5.83. The van der Waals surface area contributed by atoms with Gasteiger partial charge in [-0.1, -0.05) is 20.8 Å². The van der Waals surface area contributed by atoms with Gasteiger partial charge >= 0.3 is 5.97 Å². The van der Waals surface area contributed by atoms with Crippen LogP contribution < -0.4 is 10.6 Å². The predicted molar refractivity (Wildman–Crippen MR) is 125 cm³/mol. The van der Waals surface area contributed by atoms with Crippen molar-refractivity contribution >= 4 is 45.5 Å². The highest BCUT2D eigenvalue weighted by atomic mass is 32.1. The van der Waals surface area contributed by atoms with Crippen molar-refractivity contribution in [2.24, 2.45) is 5.41 Å². The molecule has 0 aliphatic carbocycles. The third-order valence-electron chi connectivity index (χ3n) is 4.43. The summed E-state index contributed by atoms with van der Waals surface area (Å²) in [6.45, 7) is 17.5. The number of hydrogen-bond acceptors (Lipinski definition) is 5. The Bertz CT molecular complexity index is 760. The fourth-order valence-corrected chi connectivity index (χ4v) is 5.23. The average Bonchev–Trinajstić information content (AvgIpc) is 2.88. The molecule has 0 bridgehead atoms. The van der Waals surface area contributed by atoms with E-state index in [1.807, 2.05) is 13.8 Å². The summed E-state index contributed by atoms with van der Waals surface area (Å²) in [4.78, 5) is 27.5. The number of amides is 1. The summed E-state index contributed by atoms with van der Waals surface area (Å²) in [5, 5.41) is 7.39. The molecule has 0 aliphatic heterocycles. The number of carbonyl (C=O) groups is 2. The van der Waals surface area contributed by atoms with Gasteiger partial charge in [0, 0.05) is 18.6 Å². The van der Waals surface area contributed by atoms with Crippen LogP contribution in [0.2, 0.25) is 0 Å². The van der Waals surface area contributed by atoms with Crippen molar-refractivity contribution in [1.82, 2.24) is 10.2 Å². The summed E-state index contributed by atoms with van der Waals surface area (Å²) in [6, 6.07) is 0. The molecule has 1 heterocycles. The van der Waals surface area contributed by atoms with Crippen molar-refractivity contribution in [1.29, 1.82) is 0 Å². The molecule has 6 nitrogen and oxygen atoms in total. The first-order valence-electron chi connectivity index (χ1n) is 9.86. The largest absolute Gasteiger partial charge is 0.465 e. The highest BCUT2D eigenvalue weighted by Crippen LogP contribution is 2.35. The van der Waals surface area contributed by atoms with E-state index < -0.39 is 5.97 Å². The Kier molecular flexibility index (Phi) is 8.65. The number of anilines is 1. The maximum Gasteiger partial charge on any atom is 0.341 e. The topological polar surface area (TPSA) is 70.7 Å². The number of rotatable bonds is 7. The number of nitrogens with one attached hydrogen (secondary N) is 2. The monoisotopic (exact) mass is 441 g/mol. The van der Waals surface area contributed by atoms with Gasteiger partial charge in [-0.15, -0.1) is 11.3 Å². The summed E-state index contributed by atoms with van der Waals surface area (Å²) in [6.07, 6.45) is 0.904. The van der Waals surface area contributed by atoms with Crippen LogP contribution in [0.4, 0.5) is 5.00 Å². The molecule has 29 heavy (non-hydrogen) atoms. The zero-order chi connectivity index (χ0) is 22.6. The number of thiocarbonyl (C=S) groups is 1. The highest BCUT2D eigenvalue weighted by molar-refractivity contribution is 7.80. The first-order chi connectivity index (χ1) is 13.3. The van der Waals surface area contributed by atoms with E-state index in [4.69, 9.17) is 17.0 Å². The molecule has 1 amide bonds. The van der Waals surface area contributed by atoms with Crippen LogP contribution in [0, 0.1) is 12.3 Å². The average molecular weight is 442 g/mol. The van der Waals surface area contributed by atoms with Crippen molar-refractivity contribution in [3.05, 3.63) is 16.0 Å². The third kappa shape index (κ3) is 6.96. The van der Waals surface area contributed by atoms with Crippen LogP contribution in [-0.4, -0.2) is 47.6 Å². The summed E-state index contributed by atoms with van der Waals surface area (Å²) >= 11 is 6.74. The molecule has 2 N–H and O–H groups in total. The molecular formula is C21H35N3O3S2. The van der Waals surface area contributed by atoms with Crippen LogP contribution in [0.1, 0.15) is 80.5 Å². The zero-order valence-corrected chi connectivity index (χ0v) is 20.7. The minimum absolute atomic E-state index is 0.0948. The van der Waals surface area contributed by atoms with Gasteiger partial charge in [0.2, 0.25) is 0 Å². The Balaban J connectivity index is 3.20. The minimum Gasteiger partial charge on any atom is -0.465 e. The second kappa shape index (κ2) is 9.89. The minimum atomic E-state index is -0.489. The molecule has 0 atom stereocenters. The number of nitrogens with zero attached hydrogens (tertiary/aromatic N) is 1. The van der Waals surface area contributed by atoms with Gasteiger partial charge in [0.15, 0.2) is 5.11 Å². The zero-order valence-electron chi connectivity index (χ0n) is 19.1.